The Balaban J connectivity index is 1.82. The first-order chi connectivity index (χ1) is 22.1. The summed E-state index contributed by atoms with van der Waals surface area (Å²) < 4.78 is 11.6. The van der Waals surface area contributed by atoms with Crippen LogP contribution in [0.4, 0.5) is 0 Å². The molecule has 1 heterocycles. The fraction of sp³-hybridized carbons (Fsp3) is 0.500. The van der Waals surface area contributed by atoms with Gasteiger partial charge in [0, 0.05) is 52.4 Å². The van der Waals surface area contributed by atoms with E-state index in [1.165, 1.54) is 0 Å². The Morgan fingerprint density at radius 2 is 0.870 bits per heavy atom. The lowest BCUT2D eigenvalue weighted by Gasteiger charge is -2.37. The number of hydrogen-bond donors (Lipinski definition) is 4. The van der Waals surface area contributed by atoms with Crippen LogP contribution in [0.15, 0.2) is 60.7 Å². The number of nitrogens with zero attached hydrogens (tertiary/aromatic N) is 4. The van der Waals surface area contributed by atoms with Crippen LogP contribution in [0.3, 0.4) is 0 Å². The molecule has 1 saturated heterocycles. The lowest BCUT2D eigenvalue weighted by Crippen LogP contribution is -2.55. The van der Waals surface area contributed by atoms with Crippen LogP contribution in [0.5, 0.6) is 0 Å². The Morgan fingerprint density at radius 3 is 1.20 bits per heavy atom. The van der Waals surface area contributed by atoms with E-state index in [1.807, 2.05) is 60.7 Å². The molecule has 0 spiro atoms. The zero-order valence-electron chi connectivity index (χ0n) is 25.9. The van der Waals surface area contributed by atoms with Gasteiger partial charge in [0.05, 0.1) is 39.5 Å². The molecule has 2 aromatic carbocycles. The second-order valence-electron chi connectivity index (χ2n) is 11.1. The second-order valence-corrected chi connectivity index (χ2v) is 11.1. The van der Waals surface area contributed by atoms with Crippen molar-refractivity contribution in [3.8, 4) is 0 Å². The molecule has 1 aliphatic rings. The molecule has 0 radical (unpaired) electrons. The summed E-state index contributed by atoms with van der Waals surface area (Å²) in [5, 5.41) is 39.4. The average molecular weight is 645 g/mol. The van der Waals surface area contributed by atoms with Gasteiger partial charge in [0.2, 0.25) is 0 Å². The van der Waals surface area contributed by atoms with Gasteiger partial charge in [-0.1, -0.05) is 60.7 Å². The molecular weight excluding hydrogens is 600 g/mol. The van der Waals surface area contributed by atoms with E-state index < -0.39 is 36.0 Å². The quantitative estimate of drug-likeness (QED) is 0.201. The molecule has 0 saturated carbocycles. The SMILES string of the molecule is O=C(O)CN1CCN(CC(=O)O)CCN(C(COCc2ccccc2)C(=O)O)CCN(C(COCc2ccccc2)C(=O)O)CC1. The fourth-order valence-corrected chi connectivity index (χ4v) is 5.24. The van der Waals surface area contributed by atoms with Crippen LogP contribution < -0.4 is 0 Å². The zero-order valence-corrected chi connectivity index (χ0v) is 25.9. The van der Waals surface area contributed by atoms with Crippen LogP contribution in [-0.4, -0.2) is 155 Å². The Labute approximate surface area is 268 Å². The summed E-state index contributed by atoms with van der Waals surface area (Å²) in [5.74, 6) is -4.36. The Kier molecular flexibility index (Phi) is 15.5. The molecule has 2 aromatic rings. The highest BCUT2D eigenvalue weighted by molar-refractivity contribution is 5.74. The van der Waals surface area contributed by atoms with Gasteiger partial charge in [-0.2, -0.15) is 0 Å². The van der Waals surface area contributed by atoms with E-state index in [-0.39, 0.29) is 91.9 Å². The first-order valence-electron chi connectivity index (χ1n) is 15.2. The second kappa shape index (κ2) is 19.6. The fourth-order valence-electron chi connectivity index (χ4n) is 5.24. The molecule has 46 heavy (non-hydrogen) atoms. The van der Waals surface area contributed by atoms with Crippen molar-refractivity contribution in [2.24, 2.45) is 0 Å². The molecule has 2 atom stereocenters. The molecular formula is C32H44N4O10. The predicted molar refractivity (Wildman–Crippen MR) is 166 cm³/mol. The predicted octanol–water partition coefficient (Wildman–Crippen LogP) is 0.717. The number of aliphatic carboxylic acids is 4. The number of carboxylic acids is 4. The summed E-state index contributed by atoms with van der Waals surface area (Å²) in [6.07, 6.45) is 0. The van der Waals surface area contributed by atoms with Gasteiger partial charge in [-0.15, -0.1) is 0 Å². The van der Waals surface area contributed by atoms with Crippen LogP contribution in [0.2, 0.25) is 0 Å². The van der Waals surface area contributed by atoms with Crippen molar-refractivity contribution in [1.82, 2.24) is 19.6 Å². The van der Waals surface area contributed by atoms with E-state index in [1.54, 1.807) is 19.6 Å². The molecule has 4 N–H and O–H groups in total. The highest BCUT2D eigenvalue weighted by Crippen LogP contribution is 2.11. The maximum absolute atomic E-state index is 12.5. The third-order valence-corrected chi connectivity index (χ3v) is 7.76. The third kappa shape index (κ3) is 13.2. The van der Waals surface area contributed by atoms with Crippen molar-refractivity contribution in [3.63, 3.8) is 0 Å². The number of rotatable bonds is 16. The van der Waals surface area contributed by atoms with E-state index in [9.17, 15) is 39.6 Å². The number of carboxylic acid groups (broad SMARTS) is 4. The van der Waals surface area contributed by atoms with Crippen LogP contribution >= 0.6 is 0 Å². The van der Waals surface area contributed by atoms with Gasteiger partial charge >= 0.3 is 23.9 Å². The lowest BCUT2D eigenvalue weighted by atomic mass is 10.2. The summed E-state index contributed by atoms with van der Waals surface area (Å²) in [4.78, 5) is 54.9. The number of hydrogen-bond acceptors (Lipinski definition) is 10. The summed E-state index contributed by atoms with van der Waals surface area (Å²) in [6, 6.07) is 16.5. The molecule has 0 amide bonds. The summed E-state index contributed by atoms with van der Waals surface area (Å²) in [5.41, 5.74) is 1.76. The lowest BCUT2D eigenvalue weighted by molar-refractivity contribution is -0.149. The minimum absolute atomic E-state index is 0.133. The van der Waals surface area contributed by atoms with Gasteiger partial charge in [0.1, 0.15) is 12.1 Å². The van der Waals surface area contributed by atoms with Crippen molar-refractivity contribution < 1.29 is 49.1 Å². The first kappa shape index (κ1) is 36.5. The number of ether oxygens (including phenoxy) is 2. The Morgan fingerprint density at radius 1 is 0.543 bits per heavy atom. The molecule has 1 aliphatic heterocycles. The Bertz CT molecular complexity index is 1140. The molecule has 3 rings (SSSR count). The van der Waals surface area contributed by atoms with E-state index in [4.69, 9.17) is 9.47 Å². The molecule has 14 heteroatoms. The normalized spacial score (nSPS) is 17.7. The largest absolute Gasteiger partial charge is 0.480 e. The minimum Gasteiger partial charge on any atom is -0.480 e. The molecule has 0 aliphatic carbocycles. The third-order valence-electron chi connectivity index (χ3n) is 7.76. The van der Waals surface area contributed by atoms with Crippen molar-refractivity contribution >= 4 is 23.9 Å². The van der Waals surface area contributed by atoms with Crippen molar-refractivity contribution in [2.45, 2.75) is 25.3 Å². The van der Waals surface area contributed by atoms with Gasteiger partial charge in [0.15, 0.2) is 0 Å². The van der Waals surface area contributed by atoms with E-state index in [0.717, 1.165) is 11.1 Å². The highest BCUT2D eigenvalue weighted by atomic mass is 16.5. The highest BCUT2D eigenvalue weighted by Gasteiger charge is 2.31. The number of benzene rings is 2. The average Bonchev–Trinajstić information content (AvgIpc) is 3.01. The topological polar surface area (TPSA) is 181 Å². The van der Waals surface area contributed by atoms with Crippen LogP contribution in [-0.2, 0) is 41.9 Å². The van der Waals surface area contributed by atoms with Crippen LogP contribution in [0.1, 0.15) is 11.1 Å². The molecule has 14 nitrogen and oxygen atoms in total. The molecule has 0 aromatic heterocycles. The van der Waals surface area contributed by atoms with Gasteiger partial charge in [-0.05, 0) is 11.1 Å². The molecule has 0 bridgehead atoms. The van der Waals surface area contributed by atoms with E-state index >= 15 is 0 Å². The van der Waals surface area contributed by atoms with Crippen molar-refractivity contribution in [1.29, 1.82) is 0 Å². The smallest absolute Gasteiger partial charge is 0.323 e. The Hall–Kier alpha value is -3.92. The summed E-state index contributed by atoms with van der Waals surface area (Å²) in [7, 11) is 0. The van der Waals surface area contributed by atoms with Crippen LogP contribution in [0.25, 0.3) is 0 Å². The van der Waals surface area contributed by atoms with Crippen molar-refractivity contribution in [2.75, 3.05) is 78.7 Å². The molecule has 252 valence electrons. The maximum Gasteiger partial charge on any atom is 0.323 e. The molecule has 1 fully saturated rings. The van der Waals surface area contributed by atoms with Gasteiger partial charge in [-0.3, -0.25) is 38.8 Å². The monoisotopic (exact) mass is 644 g/mol. The van der Waals surface area contributed by atoms with E-state index in [0.29, 0.717) is 0 Å². The number of carbonyl (C=O) groups is 4. The first-order valence-corrected chi connectivity index (χ1v) is 15.2. The van der Waals surface area contributed by atoms with Crippen molar-refractivity contribution in [3.05, 3.63) is 71.8 Å². The van der Waals surface area contributed by atoms with Gasteiger partial charge < -0.3 is 29.9 Å². The van der Waals surface area contributed by atoms with Gasteiger partial charge in [-0.25, -0.2) is 0 Å². The standard InChI is InChI=1S/C32H44N4O10/c37-29(38)19-33-11-12-34(20-30(39)40)14-16-36(28(32(43)44)24-46-22-26-9-5-2-6-10-26)18-17-35(15-13-33)27(31(41)42)23-45-21-25-7-3-1-4-8-25/h1-10,27-28H,11-24H2,(H,37,38)(H,39,40)(H,41,42)(H,43,44). The zero-order chi connectivity index (χ0) is 33.3. The molecule has 2 unspecified atom stereocenters. The maximum atomic E-state index is 12.5. The van der Waals surface area contributed by atoms with E-state index in [2.05, 4.69) is 0 Å². The summed E-state index contributed by atoms with van der Waals surface area (Å²) >= 11 is 0. The minimum atomic E-state index is -1.12. The van der Waals surface area contributed by atoms with Crippen LogP contribution in [0, 0.1) is 0 Å². The summed E-state index contributed by atoms with van der Waals surface area (Å²) in [6.45, 7) is 0.933. The van der Waals surface area contributed by atoms with Gasteiger partial charge in [0.25, 0.3) is 0 Å².